The fraction of sp³-hybridized carbons (Fsp3) is 1.00. The van der Waals surface area contributed by atoms with Crippen LogP contribution in [0.4, 0.5) is 0 Å². The third-order valence-corrected chi connectivity index (χ3v) is 5.34. The summed E-state index contributed by atoms with van der Waals surface area (Å²) in [5.74, 6) is 1.01. The minimum atomic E-state index is 0.576. The summed E-state index contributed by atoms with van der Waals surface area (Å²) in [5, 5.41) is 4.00. The van der Waals surface area contributed by atoms with Crippen molar-refractivity contribution in [3.05, 3.63) is 0 Å². The van der Waals surface area contributed by atoms with E-state index < -0.39 is 0 Å². The first kappa shape index (κ1) is 14.4. The van der Waals surface area contributed by atoms with Gasteiger partial charge in [-0.15, -0.1) is 0 Å². The van der Waals surface area contributed by atoms with Crippen molar-refractivity contribution < 1.29 is 0 Å². The second kappa shape index (κ2) is 6.41. The molecule has 0 amide bonds. The SMILES string of the molecule is CCC1CCCC(NC2CCCC(C)(C)C2)CC1. The summed E-state index contributed by atoms with van der Waals surface area (Å²) < 4.78 is 0. The second-order valence-electron chi connectivity index (χ2n) is 7.60. The quantitative estimate of drug-likeness (QED) is 0.703. The molecule has 1 heteroatoms. The van der Waals surface area contributed by atoms with Crippen molar-refractivity contribution in [3.63, 3.8) is 0 Å². The molecule has 0 aliphatic heterocycles. The van der Waals surface area contributed by atoms with Crippen LogP contribution >= 0.6 is 0 Å². The summed E-state index contributed by atoms with van der Waals surface area (Å²) in [4.78, 5) is 0. The molecule has 2 saturated carbocycles. The number of hydrogen-bond donors (Lipinski definition) is 1. The van der Waals surface area contributed by atoms with Crippen LogP contribution in [0, 0.1) is 11.3 Å². The maximum absolute atomic E-state index is 4.00. The van der Waals surface area contributed by atoms with Crippen molar-refractivity contribution in [1.82, 2.24) is 5.32 Å². The smallest absolute Gasteiger partial charge is 0.00747 e. The Kier molecular flexibility index (Phi) is 5.12. The Morgan fingerprint density at radius 3 is 2.44 bits per heavy atom. The lowest BCUT2D eigenvalue weighted by Crippen LogP contribution is -2.42. The molecule has 0 heterocycles. The zero-order valence-electron chi connectivity index (χ0n) is 12.8. The standard InChI is InChI=1S/C17H33N/c1-4-14-7-5-8-15(11-10-14)18-16-9-6-12-17(2,3)13-16/h14-16,18H,4-13H2,1-3H3. The van der Waals surface area contributed by atoms with Crippen LogP contribution in [0.25, 0.3) is 0 Å². The zero-order valence-corrected chi connectivity index (χ0v) is 12.8. The van der Waals surface area contributed by atoms with E-state index in [2.05, 4.69) is 26.1 Å². The zero-order chi connectivity index (χ0) is 13.0. The van der Waals surface area contributed by atoms with Gasteiger partial charge in [-0.2, -0.15) is 0 Å². The summed E-state index contributed by atoms with van der Waals surface area (Å²) in [6, 6.07) is 1.62. The van der Waals surface area contributed by atoms with E-state index in [0.717, 1.165) is 18.0 Å². The van der Waals surface area contributed by atoms with Crippen LogP contribution in [0.3, 0.4) is 0 Å². The van der Waals surface area contributed by atoms with Gasteiger partial charge in [-0.25, -0.2) is 0 Å². The Morgan fingerprint density at radius 2 is 1.72 bits per heavy atom. The third-order valence-electron chi connectivity index (χ3n) is 5.34. The lowest BCUT2D eigenvalue weighted by Gasteiger charge is -2.37. The van der Waals surface area contributed by atoms with Crippen molar-refractivity contribution in [3.8, 4) is 0 Å². The van der Waals surface area contributed by atoms with Crippen molar-refractivity contribution in [2.24, 2.45) is 11.3 Å². The molecule has 3 atom stereocenters. The molecule has 1 nitrogen and oxygen atoms in total. The number of nitrogens with one attached hydrogen (secondary N) is 1. The summed E-state index contributed by atoms with van der Waals surface area (Å²) in [5.41, 5.74) is 0.576. The van der Waals surface area contributed by atoms with Gasteiger partial charge in [0, 0.05) is 12.1 Å². The second-order valence-corrected chi connectivity index (χ2v) is 7.60. The first-order valence-electron chi connectivity index (χ1n) is 8.35. The molecule has 1 N–H and O–H groups in total. The van der Waals surface area contributed by atoms with Gasteiger partial charge in [0.1, 0.15) is 0 Å². The van der Waals surface area contributed by atoms with Crippen molar-refractivity contribution in [1.29, 1.82) is 0 Å². The molecule has 0 aromatic carbocycles. The molecule has 2 fully saturated rings. The fourth-order valence-electron chi connectivity index (χ4n) is 4.13. The van der Waals surface area contributed by atoms with E-state index >= 15 is 0 Å². The molecule has 2 aliphatic carbocycles. The summed E-state index contributed by atoms with van der Waals surface area (Å²) in [6.45, 7) is 7.25. The molecule has 0 bridgehead atoms. The van der Waals surface area contributed by atoms with E-state index in [4.69, 9.17) is 0 Å². The average molecular weight is 251 g/mol. The minimum absolute atomic E-state index is 0.576. The molecule has 3 unspecified atom stereocenters. The van der Waals surface area contributed by atoms with E-state index in [1.165, 1.54) is 64.2 Å². The van der Waals surface area contributed by atoms with Gasteiger partial charge in [0.15, 0.2) is 0 Å². The molecule has 0 aromatic heterocycles. The third kappa shape index (κ3) is 4.26. The summed E-state index contributed by atoms with van der Waals surface area (Å²) >= 11 is 0. The molecule has 0 spiro atoms. The number of rotatable bonds is 3. The molecule has 2 aliphatic rings. The summed E-state index contributed by atoms with van der Waals surface area (Å²) in [6.07, 6.45) is 14.3. The highest BCUT2D eigenvalue weighted by Crippen LogP contribution is 2.36. The van der Waals surface area contributed by atoms with E-state index in [0.29, 0.717) is 5.41 Å². The molecule has 2 rings (SSSR count). The van der Waals surface area contributed by atoms with E-state index in [1.54, 1.807) is 0 Å². The van der Waals surface area contributed by atoms with Gasteiger partial charge >= 0.3 is 0 Å². The monoisotopic (exact) mass is 251 g/mol. The van der Waals surface area contributed by atoms with Gasteiger partial charge in [-0.1, -0.05) is 46.5 Å². The van der Waals surface area contributed by atoms with E-state index in [-0.39, 0.29) is 0 Å². The van der Waals surface area contributed by atoms with Crippen LogP contribution in [-0.2, 0) is 0 Å². The van der Waals surface area contributed by atoms with Crippen molar-refractivity contribution >= 4 is 0 Å². The maximum Gasteiger partial charge on any atom is 0.00747 e. The van der Waals surface area contributed by atoms with E-state index in [9.17, 15) is 0 Å². The highest BCUT2D eigenvalue weighted by Gasteiger charge is 2.29. The molecule has 18 heavy (non-hydrogen) atoms. The fourth-order valence-corrected chi connectivity index (χ4v) is 4.13. The first-order chi connectivity index (χ1) is 8.59. The average Bonchev–Trinajstić information content (AvgIpc) is 2.53. The largest absolute Gasteiger partial charge is 0.311 e. The lowest BCUT2D eigenvalue weighted by atomic mass is 9.75. The number of hydrogen-bond acceptors (Lipinski definition) is 1. The molecule has 0 saturated heterocycles. The van der Waals surface area contributed by atoms with Crippen LogP contribution < -0.4 is 5.32 Å². The summed E-state index contributed by atoms with van der Waals surface area (Å²) in [7, 11) is 0. The highest BCUT2D eigenvalue weighted by molar-refractivity contribution is 4.86. The lowest BCUT2D eigenvalue weighted by molar-refractivity contribution is 0.185. The topological polar surface area (TPSA) is 12.0 Å². The molecule has 106 valence electrons. The van der Waals surface area contributed by atoms with Gasteiger partial charge in [0.05, 0.1) is 0 Å². The Bertz CT molecular complexity index is 246. The maximum atomic E-state index is 4.00. The van der Waals surface area contributed by atoms with Gasteiger partial charge < -0.3 is 5.32 Å². The van der Waals surface area contributed by atoms with Gasteiger partial charge in [0.25, 0.3) is 0 Å². The van der Waals surface area contributed by atoms with Crippen LogP contribution in [0.15, 0.2) is 0 Å². The Morgan fingerprint density at radius 1 is 0.944 bits per heavy atom. The molecular formula is C17H33N. The normalized spacial score (nSPS) is 37.2. The van der Waals surface area contributed by atoms with Crippen LogP contribution in [-0.4, -0.2) is 12.1 Å². The van der Waals surface area contributed by atoms with Crippen LogP contribution in [0.1, 0.15) is 85.0 Å². The molecule has 0 aromatic rings. The van der Waals surface area contributed by atoms with Gasteiger partial charge in [-0.3, -0.25) is 0 Å². The minimum Gasteiger partial charge on any atom is -0.311 e. The van der Waals surface area contributed by atoms with Crippen LogP contribution in [0.2, 0.25) is 0 Å². The molecular weight excluding hydrogens is 218 g/mol. The van der Waals surface area contributed by atoms with Crippen LogP contribution in [0.5, 0.6) is 0 Å². The first-order valence-corrected chi connectivity index (χ1v) is 8.35. The van der Waals surface area contributed by atoms with Gasteiger partial charge in [0.2, 0.25) is 0 Å². The van der Waals surface area contributed by atoms with Gasteiger partial charge in [-0.05, 0) is 49.9 Å². The molecule has 0 radical (unpaired) electrons. The van der Waals surface area contributed by atoms with Crippen molar-refractivity contribution in [2.45, 2.75) is 97.1 Å². The van der Waals surface area contributed by atoms with Crippen molar-refractivity contribution in [2.75, 3.05) is 0 Å². The Labute approximate surface area is 114 Å². The highest BCUT2D eigenvalue weighted by atomic mass is 15.0. The van der Waals surface area contributed by atoms with E-state index in [1.807, 2.05) is 0 Å². The predicted octanol–water partition coefficient (Wildman–Crippen LogP) is 4.90. The Balaban J connectivity index is 1.78. The Hall–Kier alpha value is -0.0400. The predicted molar refractivity (Wildman–Crippen MR) is 79.8 cm³/mol.